The normalized spacial score (nSPS) is 12.7. The van der Waals surface area contributed by atoms with E-state index in [4.69, 9.17) is 10.5 Å². The number of nitrogens with two attached hydrogens (primary N) is 1. The minimum absolute atomic E-state index is 0.0398. The van der Waals surface area contributed by atoms with E-state index in [2.05, 4.69) is 10.6 Å². The molecule has 230 valence electrons. The van der Waals surface area contributed by atoms with Crippen molar-refractivity contribution in [1.29, 1.82) is 0 Å². The third-order valence-electron chi connectivity index (χ3n) is 7.00. The van der Waals surface area contributed by atoms with E-state index in [-0.39, 0.29) is 19.4 Å². The van der Waals surface area contributed by atoms with E-state index in [0.29, 0.717) is 17.7 Å². The van der Waals surface area contributed by atoms with Crippen molar-refractivity contribution in [3.63, 3.8) is 0 Å². The van der Waals surface area contributed by atoms with Crippen molar-refractivity contribution in [3.05, 3.63) is 77.4 Å². The molecule has 2 atom stereocenters. The van der Waals surface area contributed by atoms with Gasteiger partial charge in [-0.15, -0.1) is 0 Å². The van der Waals surface area contributed by atoms with Crippen molar-refractivity contribution in [2.45, 2.75) is 84.9 Å². The molecule has 0 aromatic heterocycles. The molecule has 0 aliphatic rings. The summed E-state index contributed by atoms with van der Waals surface area (Å²) in [6.07, 6.45) is 0.411. The van der Waals surface area contributed by atoms with Crippen molar-refractivity contribution in [3.8, 4) is 0 Å². The largest absolute Gasteiger partial charge is 0.444 e. The minimum atomic E-state index is -1.14. The summed E-state index contributed by atoms with van der Waals surface area (Å²) in [4.78, 5) is 54.5. The Labute approximate surface area is 254 Å². The van der Waals surface area contributed by atoms with E-state index in [1.165, 1.54) is 4.90 Å². The zero-order valence-corrected chi connectivity index (χ0v) is 26.0. The van der Waals surface area contributed by atoms with Crippen LogP contribution in [0.2, 0.25) is 0 Å². The Hall–Kier alpha value is -4.40. The van der Waals surface area contributed by atoms with E-state index in [9.17, 15) is 19.2 Å². The minimum Gasteiger partial charge on any atom is -0.444 e. The fourth-order valence-electron chi connectivity index (χ4n) is 4.95. The number of primary amides is 1. The predicted octanol–water partition coefficient (Wildman–Crippen LogP) is 5.92. The first-order valence-electron chi connectivity index (χ1n) is 14.7. The maximum absolute atomic E-state index is 14.3. The van der Waals surface area contributed by atoms with Crippen LogP contribution in [-0.2, 0) is 19.1 Å². The lowest BCUT2D eigenvalue weighted by molar-refractivity contribution is -0.141. The average Bonchev–Trinajstić information content (AvgIpc) is 2.92. The first-order valence-corrected chi connectivity index (χ1v) is 14.7. The standard InChI is InChI=1S/C34H44N4O5/c1-7-8-19-38(32(41)28(17-18-29(35)39)37-33(42)43-34(4,5)6)30(27-16-13-22(2)20-23(27)3)31(40)36-26-15-14-24-11-9-10-12-25(24)21-26/h9-16,20-21,28,30H,7-8,17-19H2,1-6H3,(H2,35,39)(H,36,40)(H,37,42). The highest BCUT2D eigenvalue weighted by Gasteiger charge is 2.37. The van der Waals surface area contributed by atoms with Crippen molar-refractivity contribution < 1.29 is 23.9 Å². The number of nitrogens with zero attached hydrogens (tertiary/aromatic N) is 1. The molecule has 3 aromatic carbocycles. The zero-order valence-electron chi connectivity index (χ0n) is 26.0. The second-order valence-corrected chi connectivity index (χ2v) is 11.9. The molecule has 3 aromatic rings. The molecule has 4 amide bonds. The molecule has 0 bridgehead atoms. The third-order valence-corrected chi connectivity index (χ3v) is 7.00. The average molecular weight is 589 g/mol. The van der Waals surface area contributed by atoms with Crippen LogP contribution in [0.1, 0.15) is 76.1 Å². The van der Waals surface area contributed by atoms with Crippen molar-refractivity contribution in [2.24, 2.45) is 5.73 Å². The maximum Gasteiger partial charge on any atom is 0.408 e. The van der Waals surface area contributed by atoms with E-state index in [1.54, 1.807) is 20.8 Å². The maximum atomic E-state index is 14.3. The number of benzene rings is 3. The van der Waals surface area contributed by atoms with Crippen LogP contribution in [0.3, 0.4) is 0 Å². The Balaban J connectivity index is 2.06. The van der Waals surface area contributed by atoms with Crippen LogP contribution in [0, 0.1) is 13.8 Å². The number of carbonyl (C=O) groups excluding carboxylic acids is 4. The monoisotopic (exact) mass is 588 g/mol. The van der Waals surface area contributed by atoms with Crippen LogP contribution in [0.4, 0.5) is 10.5 Å². The SMILES string of the molecule is CCCCN(C(=O)C(CCC(N)=O)NC(=O)OC(C)(C)C)C(C(=O)Nc1ccc2ccccc2c1)c1ccc(C)cc1C. The molecule has 0 radical (unpaired) electrons. The number of nitrogens with one attached hydrogen (secondary N) is 2. The highest BCUT2D eigenvalue weighted by Crippen LogP contribution is 2.29. The van der Waals surface area contributed by atoms with Gasteiger partial charge in [-0.2, -0.15) is 0 Å². The van der Waals surface area contributed by atoms with Crippen LogP contribution in [0.15, 0.2) is 60.7 Å². The van der Waals surface area contributed by atoms with E-state index in [1.807, 2.05) is 81.4 Å². The van der Waals surface area contributed by atoms with Crippen LogP contribution >= 0.6 is 0 Å². The Morgan fingerprint density at radius 2 is 1.65 bits per heavy atom. The van der Waals surface area contributed by atoms with Gasteiger partial charge < -0.3 is 26.0 Å². The third kappa shape index (κ3) is 9.56. The van der Waals surface area contributed by atoms with Gasteiger partial charge in [0.05, 0.1) is 0 Å². The summed E-state index contributed by atoms with van der Waals surface area (Å²) >= 11 is 0. The van der Waals surface area contributed by atoms with Gasteiger partial charge in [0.2, 0.25) is 11.8 Å². The molecule has 0 saturated carbocycles. The van der Waals surface area contributed by atoms with Gasteiger partial charge in [0.25, 0.3) is 5.91 Å². The molecule has 0 spiro atoms. The molecule has 2 unspecified atom stereocenters. The number of rotatable bonds is 12. The van der Waals surface area contributed by atoms with Gasteiger partial charge in [-0.1, -0.05) is 67.4 Å². The summed E-state index contributed by atoms with van der Waals surface area (Å²) < 4.78 is 5.41. The Morgan fingerprint density at radius 3 is 2.28 bits per heavy atom. The smallest absolute Gasteiger partial charge is 0.408 e. The second-order valence-electron chi connectivity index (χ2n) is 11.9. The van der Waals surface area contributed by atoms with Crippen LogP contribution in [-0.4, -0.2) is 46.9 Å². The Bertz CT molecular complexity index is 1460. The number of hydrogen-bond donors (Lipinski definition) is 3. The molecule has 0 fully saturated rings. The summed E-state index contributed by atoms with van der Waals surface area (Å²) in [6.45, 7) is 11.3. The first kappa shape index (κ1) is 33.1. The number of fused-ring (bicyclic) bond motifs is 1. The van der Waals surface area contributed by atoms with Crippen LogP contribution < -0.4 is 16.4 Å². The van der Waals surface area contributed by atoms with Crippen molar-refractivity contribution in [2.75, 3.05) is 11.9 Å². The summed E-state index contributed by atoms with van der Waals surface area (Å²) in [7, 11) is 0. The predicted molar refractivity (Wildman–Crippen MR) is 169 cm³/mol. The first-order chi connectivity index (χ1) is 20.3. The van der Waals surface area contributed by atoms with Gasteiger partial charge in [-0.05, 0) is 81.5 Å². The zero-order chi connectivity index (χ0) is 31.7. The van der Waals surface area contributed by atoms with Gasteiger partial charge in [-0.25, -0.2) is 4.79 Å². The fourth-order valence-corrected chi connectivity index (χ4v) is 4.95. The molecule has 0 heterocycles. The number of unbranched alkanes of at least 4 members (excludes halogenated alkanes) is 1. The molecule has 0 aliphatic heterocycles. The number of amides is 4. The molecule has 0 saturated heterocycles. The van der Waals surface area contributed by atoms with Gasteiger partial charge in [0.1, 0.15) is 17.7 Å². The Morgan fingerprint density at radius 1 is 0.953 bits per heavy atom. The van der Waals surface area contributed by atoms with Gasteiger partial charge in [-0.3, -0.25) is 14.4 Å². The van der Waals surface area contributed by atoms with E-state index < -0.39 is 41.5 Å². The highest BCUT2D eigenvalue weighted by atomic mass is 16.6. The molecule has 9 heteroatoms. The number of carbonyl (C=O) groups is 4. The van der Waals surface area contributed by atoms with E-state index in [0.717, 1.165) is 28.3 Å². The van der Waals surface area contributed by atoms with Gasteiger partial charge in [0.15, 0.2) is 0 Å². The summed E-state index contributed by atoms with van der Waals surface area (Å²) in [5.74, 6) is -1.50. The molecule has 4 N–H and O–H groups in total. The van der Waals surface area contributed by atoms with Crippen molar-refractivity contribution in [1.82, 2.24) is 10.2 Å². The van der Waals surface area contributed by atoms with Gasteiger partial charge in [0, 0.05) is 18.7 Å². The number of aryl methyl sites for hydroxylation is 2. The lowest BCUT2D eigenvalue weighted by atomic mass is 9.95. The lowest BCUT2D eigenvalue weighted by Gasteiger charge is -2.35. The van der Waals surface area contributed by atoms with Crippen molar-refractivity contribution >= 4 is 40.3 Å². The number of anilines is 1. The molecule has 3 rings (SSSR count). The van der Waals surface area contributed by atoms with E-state index >= 15 is 0 Å². The molecular formula is C34H44N4O5. The molecule has 0 aliphatic carbocycles. The van der Waals surface area contributed by atoms with Crippen LogP contribution in [0.5, 0.6) is 0 Å². The number of hydrogen-bond acceptors (Lipinski definition) is 5. The second kappa shape index (κ2) is 14.7. The summed E-state index contributed by atoms with van der Waals surface area (Å²) in [5.41, 5.74) is 7.75. The topological polar surface area (TPSA) is 131 Å². The van der Waals surface area contributed by atoms with Gasteiger partial charge >= 0.3 is 6.09 Å². The number of ether oxygens (including phenoxy) is 1. The van der Waals surface area contributed by atoms with Crippen LogP contribution in [0.25, 0.3) is 10.8 Å². The fraction of sp³-hybridized carbons (Fsp3) is 0.412. The molecule has 43 heavy (non-hydrogen) atoms. The number of alkyl carbamates (subject to hydrolysis) is 1. The molecular weight excluding hydrogens is 544 g/mol. The summed E-state index contributed by atoms with van der Waals surface area (Å²) in [6, 6.07) is 17.1. The summed E-state index contributed by atoms with van der Waals surface area (Å²) in [5, 5.41) is 7.67. The molecule has 9 nitrogen and oxygen atoms in total. The Kier molecular flexibility index (Phi) is 11.3. The quantitative estimate of drug-likeness (QED) is 0.242. The highest BCUT2D eigenvalue weighted by molar-refractivity contribution is 6.00. The lowest BCUT2D eigenvalue weighted by Crippen LogP contribution is -2.53.